The van der Waals surface area contributed by atoms with E-state index in [2.05, 4.69) is 16.0 Å². The lowest BCUT2D eigenvalue weighted by Crippen LogP contribution is -2.41. The molecule has 0 unspecified atom stereocenters. The molecule has 0 aliphatic heterocycles. The van der Waals surface area contributed by atoms with E-state index in [0.717, 1.165) is 5.69 Å². The van der Waals surface area contributed by atoms with Crippen molar-refractivity contribution in [2.45, 2.75) is 6.92 Å². The quantitative estimate of drug-likeness (QED) is 0.365. The fourth-order valence-corrected chi connectivity index (χ4v) is 3.63. The van der Waals surface area contributed by atoms with Crippen molar-refractivity contribution in [3.8, 4) is 34.2 Å². The van der Waals surface area contributed by atoms with E-state index in [-0.39, 0.29) is 5.56 Å². The van der Waals surface area contributed by atoms with Crippen LogP contribution in [-0.2, 0) is 0 Å². The summed E-state index contributed by atoms with van der Waals surface area (Å²) in [6.07, 6.45) is 1.61. The zero-order valence-corrected chi connectivity index (χ0v) is 20.1. The number of nitrogens with one attached hydrogen (secondary N) is 2. The predicted molar refractivity (Wildman–Crippen MR) is 135 cm³/mol. The van der Waals surface area contributed by atoms with Crippen molar-refractivity contribution in [1.82, 2.24) is 20.6 Å². The van der Waals surface area contributed by atoms with Crippen molar-refractivity contribution in [3.05, 3.63) is 90.1 Å². The van der Waals surface area contributed by atoms with Crippen LogP contribution in [0.3, 0.4) is 0 Å². The van der Waals surface area contributed by atoms with Gasteiger partial charge in [-0.25, -0.2) is 4.68 Å². The standard InChI is InChI=1S/C27H26N4O5/c1-4-36-23-15-14-18(16-24(23)35-3)26(32)28-29-27(33)21-17-31(19-10-6-5-7-11-19)30-25(21)20-12-8-9-13-22(20)34-2/h5-17H,4H2,1-3H3,(H,28,32)(H,29,33). The van der Waals surface area contributed by atoms with Crippen LogP contribution in [0.4, 0.5) is 0 Å². The van der Waals surface area contributed by atoms with Gasteiger partial charge >= 0.3 is 0 Å². The van der Waals surface area contributed by atoms with Crippen LogP contribution in [0.15, 0.2) is 79.0 Å². The maximum Gasteiger partial charge on any atom is 0.273 e. The first-order chi connectivity index (χ1) is 17.5. The molecule has 0 fully saturated rings. The average Bonchev–Trinajstić information content (AvgIpc) is 3.38. The number of para-hydroxylation sites is 2. The van der Waals surface area contributed by atoms with Crippen LogP contribution in [0.2, 0.25) is 0 Å². The highest BCUT2D eigenvalue weighted by molar-refractivity contribution is 6.03. The minimum Gasteiger partial charge on any atom is -0.496 e. The van der Waals surface area contributed by atoms with E-state index >= 15 is 0 Å². The van der Waals surface area contributed by atoms with Gasteiger partial charge in [0.2, 0.25) is 0 Å². The number of nitrogens with zero attached hydrogens (tertiary/aromatic N) is 2. The fourth-order valence-electron chi connectivity index (χ4n) is 3.63. The lowest BCUT2D eigenvalue weighted by Gasteiger charge is -2.12. The summed E-state index contributed by atoms with van der Waals surface area (Å²) in [7, 11) is 3.04. The normalized spacial score (nSPS) is 10.4. The van der Waals surface area contributed by atoms with Gasteiger partial charge in [-0.2, -0.15) is 5.10 Å². The molecule has 0 spiro atoms. The summed E-state index contributed by atoms with van der Waals surface area (Å²) in [5.74, 6) is 0.451. The second-order valence-electron chi connectivity index (χ2n) is 7.58. The summed E-state index contributed by atoms with van der Waals surface area (Å²) in [5.41, 5.74) is 7.31. The monoisotopic (exact) mass is 486 g/mol. The number of hydrazine groups is 1. The molecule has 0 saturated heterocycles. The molecular weight excluding hydrogens is 460 g/mol. The van der Waals surface area contributed by atoms with Gasteiger partial charge < -0.3 is 14.2 Å². The second-order valence-corrected chi connectivity index (χ2v) is 7.58. The summed E-state index contributed by atoms with van der Waals surface area (Å²) in [4.78, 5) is 26.0. The van der Waals surface area contributed by atoms with Crippen LogP contribution in [0.25, 0.3) is 16.9 Å². The minimum absolute atomic E-state index is 0.257. The van der Waals surface area contributed by atoms with Crippen molar-refractivity contribution < 1.29 is 23.8 Å². The van der Waals surface area contributed by atoms with E-state index in [1.54, 1.807) is 42.3 Å². The number of hydrogen-bond acceptors (Lipinski definition) is 6. The molecule has 0 aliphatic carbocycles. The summed E-state index contributed by atoms with van der Waals surface area (Å²) in [6, 6.07) is 21.5. The average molecular weight is 487 g/mol. The molecule has 0 aliphatic rings. The smallest absolute Gasteiger partial charge is 0.273 e. The summed E-state index contributed by atoms with van der Waals surface area (Å²) in [5, 5.41) is 4.65. The van der Waals surface area contributed by atoms with Gasteiger partial charge in [0.1, 0.15) is 11.4 Å². The molecule has 4 rings (SSSR count). The Bertz CT molecular complexity index is 1370. The number of rotatable bonds is 8. The van der Waals surface area contributed by atoms with Crippen LogP contribution in [0.1, 0.15) is 27.6 Å². The van der Waals surface area contributed by atoms with Crippen molar-refractivity contribution in [2.24, 2.45) is 0 Å². The van der Waals surface area contributed by atoms with Crippen LogP contribution in [-0.4, -0.2) is 42.4 Å². The molecule has 36 heavy (non-hydrogen) atoms. The second kappa shape index (κ2) is 11.1. The Morgan fingerprint density at radius 2 is 1.53 bits per heavy atom. The SMILES string of the molecule is CCOc1ccc(C(=O)NNC(=O)c2cn(-c3ccccc3)nc2-c2ccccc2OC)cc1OC. The largest absolute Gasteiger partial charge is 0.496 e. The summed E-state index contributed by atoms with van der Waals surface area (Å²) >= 11 is 0. The van der Waals surface area contributed by atoms with Crippen LogP contribution >= 0.6 is 0 Å². The first kappa shape index (κ1) is 24.3. The number of benzene rings is 3. The van der Waals surface area contributed by atoms with E-state index in [1.165, 1.54) is 7.11 Å². The topological polar surface area (TPSA) is 104 Å². The minimum atomic E-state index is -0.538. The first-order valence-corrected chi connectivity index (χ1v) is 11.3. The highest BCUT2D eigenvalue weighted by Gasteiger charge is 2.22. The summed E-state index contributed by atoms with van der Waals surface area (Å²) in [6.45, 7) is 2.32. The van der Waals surface area contributed by atoms with E-state index < -0.39 is 11.8 Å². The van der Waals surface area contributed by atoms with Gasteiger partial charge in [0.25, 0.3) is 11.8 Å². The molecule has 9 heteroatoms. The zero-order chi connectivity index (χ0) is 25.5. The number of ether oxygens (including phenoxy) is 3. The lowest BCUT2D eigenvalue weighted by atomic mass is 10.1. The van der Waals surface area contributed by atoms with E-state index in [9.17, 15) is 9.59 Å². The van der Waals surface area contributed by atoms with Gasteiger partial charge in [-0.15, -0.1) is 0 Å². The van der Waals surface area contributed by atoms with Gasteiger partial charge in [-0.1, -0.05) is 30.3 Å². The van der Waals surface area contributed by atoms with E-state index in [4.69, 9.17) is 14.2 Å². The molecule has 4 aromatic rings. The number of methoxy groups -OCH3 is 2. The molecule has 1 heterocycles. The molecule has 0 radical (unpaired) electrons. The molecule has 0 bridgehead atoms. The Morgan fingerprint density at radius 3 is 2.25 bits per heavy atom. The third-order valence-corrected chi connectivity index (χ3v) is 5.36. The van der Waals surface area contributed by atoms with Crippen LogP contribution < -0.4 is 25.1 Å². The van der Waals surface area contributed by atoms with Crippen LogP contribution in [0.5, 0.6) is 17.2 Å². The van der Waals surface area contributed by atoms with Gasteiger partial charge in [0.05, 0.1) is 32.1 Å². The zero-order valence-electron chi connectivity index (χ0n) is 20.1. The highest BCUT2D eigenvalue weighted by atomic mass is 16.5. The number of aromatic nitrogens is 2. The molecule has 2 N–H and O–H groups in total. The fraction of sp³-hybridized carbons (Fsp3) is 0.148. The van der Waals surface area contributed by atoms with Crippen molar-refractivity contribution in [3.63, 3.8) is 0 Å². The highest BCUT2D eigenvalue weighted by Crippen LogP contribution is 2.32. The molecular formula is C27H26N4O5. The Kier molecular flexibility index (Phi) is 7.50. The number of amides is 2. The molecule has 0 atom stereocenters. The van der Waals surface area contributed by atoms with Gasteiger partial charge in [-0.05, 0) is 49.4 Å². The van der Waals surface area contributed by atoms with Crippen molar-refractivity contribution in [1.29, 1.82) is 0 Å². The molecule has 1 aromatic heterocycles. The maximum absolute atomic E-state index is 13.2. The predicted octanol–water partition coefficient (Wildman–Crippen LogP) is 4.03. The van der Waals surface area contributed by atoms with Gasteiger partial charge in [0.15, 0.2) is 11.5 Å². The third kappa shape index (κ3) is 5.15. The van der Waals surface area contributed by atoms with Crippen molar-refractivity contribution in [2.75, 3.05) is 20.8 Å². The Hall–Kier alpha value is -4.79. The number of carbonyl (C=O) groups excluding carboxylic acids is 2. The molecule has 9 nitrogen and oxygen atoms in total. The lowest BCUT2D eigenvalue weighted by molar-refractivity contribution is 0.0847. The third-order valence-electron chi connectivity index (χ3n) is 5.36. The summed E-state index contributed by atoms with van der Waals surface area (Å²) < 4.78 is 17.9. The van der Waals surface area contributed by atoms with Crippen molar-refractivity contribution >= 4 is 11.8 Å². The van der Waals surface area contributed by atoms with E-state index in [1.807, 2.05) is 55.5 Å². The Balaban J connectivity index is 1.61. The molecule has 0 saturated carbocycles. The molecule has 184 valence electrons. The van der Waals surface area contributed by atoms with E-state index in [0.29, 0.717) is 40.7 Å². The Morgan fingerprint density at radius 1 is 0.833 bits per heavy atom. The number of carbonyl (C=O) groups is 2. The first-order valence-electron chi connectivity index (χ1n) is 11.3. The Labute approximate surface area is 208 Å². The maximum atomic E-state index is 13.2. The number of hydrogen-bond donors (Lipinski definition) is 2. The van der Waals surface area contributed by atoms with Gasteiger partial charge in [-0.3, -0.25) is 20.4 Å². The molecule has 3 aromatic carbocycles. The van der Waals surface area contributed by atoms with Gasteiger partial charge in [0, 0.05) is 17.3 Å². The molecule has 2 amide bonds. The van der Waals surface area contributed by atoms with Crippen LogP contribution in [0, 0.1) is 0 Å².